The van der Waals surface area contributed by atoms with E-state index >= 15 is 0 Å². The molecule has 2 saturated heterocycles. The van der Waals surface area contributed by atoms with Gasteiger partial charge in [0, 0.05) is 36.4 Å². The number of piperidine rings is 1. The molecule has 1 aromatic carbocycles. The molecule has 0 radical (unpaired) electrons. The van der Waals surface area contributed by atoms with Crippen LogP contribution in [-0.4, -0.2) is 46.1 Å². The molecule has 0 amide bonds. The van der Waals surface area contributed by atoms with Gasteiger partial charge in [0.2, 0.25) is 15.9 Å². The van der Waals surface area contributed by atoms with Gasteiger partial charge in [-0.25, -0.2) is 13.4 Å². The van der Waals surface area contributed by atoms with Crippen molar-refractivity contribution in [2.24, 2.45) is 0 Å². The van der Waals surface area contributed by atoms with Crippen LogP contribution in [0.1, 0.15) is 37.1 Å². The van der Waals surface area contributed by atoms with Crippen LogP contribution in [0.3, 0.4) is 0 Å². The Bertz CT molecular complexity index is 1140. The number of hydrogen-bond acceptors (Lipinski definition) is 5. The van der Waals surface area contributed by atoms with Gasteiger partial charge in [-0.3, -0.25) is 5.10 Å². The number of aryl methyl sites for hydroxylation is 2. The maximum atomic E-state index is 13.4. The SMILES string of the molecule is Cc1n[nH]c(C)c1S(=O)(=O)N1[C@@H]2CC[C@H]1C[C@H](Oc1ccc3ccccc3n1)C2. The predicted molar refractivity (Wildman–Crippen MR) is 109 cm³/mol. The molecule has 2 aliphatic rings. The first-order chi connectivity index (χ1) is 13.9. The Kier molecular flexibility index (Phi) is 4.36. The second-order valence-electron chi connectivity index (χ2n) is 8.04. The number of aromatic nitrogens is 3. The lowest BCUT2D eigenvalue weighted by Gasteiger charge is -2.37. The lowest BCUT2D eigenvalue weighted by Crippen LogP contribution is -2.49. The number of para-hydroxylation sites is 1. The molecule has 4 heterocycles. The van der Waals surface area contributed by atoms with Crippen molar-refractivity contribution in [2.75, 3.05) is 0 Å². The normalized spacial score (nSPS) is 24.8. The van der Waals surface area contributed by atoms with E-state index in [0.29, 0.717) is 35.0 Å². The molecule has 0 unspecified atom stereocenters. The summed E-state index contributed by atoms with van der Waals surface area (Å²) in [5.41, 5.74) is 2.03. The highest BCUT2D eigenvalue weighted by Crippen LogP contribution is 2.41. The third-order valence-electron chi connectivity index (χ3n) is 6.08. The monoisotopic (exact) mass is 412 g/mol. The number of H-pyrrole nitrogens is 1. The molecule has 29 heavy (non-hydrogen) atoms. The van der Waals surface area contributed by atoms with E-state index in [1.807, 2.05) is 36.4 Å². The smallest absolute Gasteiger partial charge is 0.247 e. The molecule has 3 atom stereocenters. The van der Waals surface area contributed by atoms with E-state index in [9.17, 15) is 8.42 Å². The van der Waals surface area contributed by atoms with Crippen molar-refractivity contribution in [3.8, 4) is 5.88 Å². The van der Waals surface area contributed by atoms with E-state index in [1.165, 1.54) is 0 Å². The second-order valence-corrected chi connectivity index (χ2v) is 9.82. The quantitative estimate of drug-likeness (QED) is 0.710. The van der Waals surface area contributed by atoms with E-state index in [2.05, 4.69) is 15.2 Å². The van der Waals surface area contributed by atoms with Crippen molar-refractivity contribution in [2.45, 2.75) is 62.6 Å². The third kappa shape index (κ3) is 3.11. The summed E-state index contributed by atoms with van der Waals surface area (Å²) in [4.78, 5) is 4.93. The topological polar surface area (TPSA) is 88.2 Å². The Labute approximate surface area is 170 Å². The number of sulfonamides is 1. The lowest BCUT2D eigenvalue weighted by molar-refractivity contribution is 0.0921. The fraction of sp³-hybridized carbons (Fsp3) is 0.429. The average Bonchev–Trinajstić information content (AvgIpc) is 3.18. The standard InChI is InChI=1S/C21H24N4O3S/c1-13-21(14(2)24-23-13)29(26,27)25-16-8-9-17(25)12-18(11-16)28-20-10-7-15-5-3-4-6-19(15)22-20/h3-7,10,16-18H,8-9,11-12H2,1-2H3,(H,23,24)/t16-,17+,18-. The van der Waals surface area contributed by atoms with E-state index < -0.39 is 10.0 Å². The summed E-state index contributed by atoms with van der Waals surface area (Å²) in [5.74, 6) is 0.603. The highest BCUT2D eigenvalue weighted by atomic mass is 32.2. The Morgan fingerprint density at radius 3 is 2.48 bits per heavy atom. The number of aromatic amines is 1. The molecule has 152 valence electrons. The molecule has 1 N–H and O–H groups in total. The van der Waals surface area contributed by atoms with Crippen molar-refractivity contribution in [1.29, 1.82) is 0 Å². The summed E-state index contributed by atoms with van der Waals surface area (Å²) in [5, 5.41) is 7.95. The van der Waals surface area contributed by atoms with E-state index in [0.717, 1.165) is 23.7 Å². The van der Waals surface area contributed by atoms with Crippen LogP contribution in [0.5, 0.6) is 5.88 Å². The maximum Gasteiger partial charge on any atom is 0.247 e. The molecular formula is C21H24N4O3S. The maximum absolute atomic E-state index is 13.4. The van der Waals surface area contributed by atoms with Crippen molar-refractivity contribution in [3.05, 3.63) is 47.8 Å². The summed E-state index contributed by atoms with van der Waals surface area (Å²) in [6, 6.07) is 11.8. The van der Waals surface area contributed by atoms with Crippen molar-refractivity contribution >= 4 is 20.9 Å². The molecule has 7 nitrogen and oxygen atoms in total. The lowest BCUT2D eigenvalue weighted by atomic mass is 10.0. The molecule has 0 saturated carbocycles. The second kappa shape index (κ2) is 6.81. The molecule has 2 bridgehead atoms. The average molecular weight is 413 g/mol. The minimum atomic E-state index is -3.57. The van der Waals surface area contributed by atoms with Gasteiger partial charge >= 0.3 is 0 Å². The van der Waals surface area contributed by atoms with Crippen LogP contribution in [0.2, 0.25) is 0 Å². The summed E-state index contributed by atoms with van der Waals surface area (Å²) in [7, 11) is -3.57. The molecular weight excluding hydrogens is 388 g/mol. The number of rotatable bonds is 4. The van der Waals surface area contributed by atoms with Crippen LogP contribution < -0.4 is 4.74 Å². The van der Waals surface area contributed by atoms with Gasteiger partial charge in [-0.1, -0.05) is 18.2 Å². The molecule has 0 aliphatic carbocycles. The minimum Gasteiger partial charge on any atom is -0.474 e. The number of pyridine rings is 1. The molecule has 8 heteroatoms. The van der Waals surface area contributed by atoms with Crippen LogP contribution >= 0.6 is 0 Å². The van der Waals surface area contributed by atoms with Crippen molar-refractivity contribution < 1.29 is 13.2 Å². The number of ether oxygens (including phenoxy) is 1. The van der Waals surface area contributed by atoms with Gasteiger partial charge < -0.3 is 4.74 Å². The van der Waals surface area contributed by atoms with E-state index in [1.54, 1.807) is 18.2 Å². The van der Waals surface area contributed by atoms with Crippen LogP contribution in [0.4, 0.5) is 0 Å². The first-order valence-electron chi connectivity index (χ1n) is 10.0. The Morgan fingerprint density at radius 1 is 1.07 bits per heavy atom. The number of nitrogens with zero attached hydrogens (tertiary/aromatic N) is 3. The molecule has 2 aromatic heterocycles. The molecule has 3 aromatic rings. The Balaban J connectivity index is 1.37. The number of benzene rings is 1. The van der Waals surface area contributed by atoms with Gasteiger partial charge in [0.05, 0.1) is 16.9 Å². The van der Waals surface area contributed by atoms with Gasteiger partial charge in [0.15, 0.2) is 0 Å². The first-order valence-corrected chi connectivity index (χ1v) is 11.4. The van der Waals surface area contributed by atoms with Crippen molar-refractivity contribution in [3.63, 3.8) is 0 Å². The number of hydrogen-bond donors (Lipinski definition) is 1. The summed E-state index contributed by atoms with van der Waals surface area (Å²) in [6.07, 6.45) is 3.06. The van der Waals surface area contributed by atoms with E-state index in [-0.39, 0.29) is 18.2 Å². The van der Waals surface area contributed by atoms with Gasteiger partial charge in [-0.05, 0) is 38.8 Å². The summed E-state index contributed by atoms with van der Waals surface area (Å²) in [6.45, 7) is 3.50. The zero-order chi connectivity index (χ0) is 20.2. The zero-order valence-corrected chi connectivity index (χ0v) is 17.3. The van der Waals surface area contributed by atoms with Gasteiger partial charge in [-0.15, -0.1) is 0 Å². The van der Waals surface area contributed by atoms with Crippen LogP contribution in [0.25, 0.3) is 10.9 Å². The predicted octanol–water partition coefficient (Wildman–Crippen LogP) is 3.34. The highest BCUT2D eigenvalue weighted by Gasteiger charge is 2.49. The fourth-order valence-electron chi connectivity index (χ4n) is 4.88. The van der Waals surface area contributed by atoms with E-state index in [4.69, 9.17) is 4.74 Å². The summed E-state index contributed by atoms with van der Waals surface area (Å²) >= 11 is 0. The highest BCUT2D eigenvalue weighted by molar-refractivity contribution is 7.89. The van der Waals surface area contributed by atoms with Crippen molar-refractivity contribution in [1.82, 2.24) is 19.5 Å². The molecule has 2 fully saturated rings. The first kappa shape index (κ1) is 18.6. The zero-order valence-electron chi connectivity index (χ0n) is 16.5. The van der Waals surface area contributed by atoms with Gasteiger partial charge in [0.1, 0.15) is 11.0 Å². The Hall–Kier alpha value is -2.45. The molecule has 5 rings (SSSR count). The van der Waals surface area contributed by atoms with Crippen LogP contribution in [-0.2, 0) is 10.0 Å². The summed E-state index contributed by atoms with van der Waals surface area (Å²) < 4.78 is 34.7. The largest absolute Gasteiger partial charge is 0.474 e. The fourth-order valence-corrected chi connectivity index (χ4v) is 7.11. The molecule has 2 aliphatic heterocycles. The third-order valence-corrected chi connectivity index (χ3v) is 8.35. The number of nitrogens with one attached hydrogen (secondary N) is 1. The van der Waals surface area contributed by atoms with Crippen LogP contribution in [0, 0.1) is 13.8 Å². The molecule has 0 spiro atoms. The van der Waals surface area contributed by atoms with Crippen LogP contribution in [0.15, 0.2) is 41.3 Å². The van der Waals surface area contributed by atoms with Gasteiger partial charge in [0.25, 0.3) is 0 Å². The minimum absolute atomic E-state index is 0.0286. The van der Waals surface area contributed by atoms with Gasteiger partial charge in [-0.2, -0.15) is 9.40 Å². The Morgan fingerprint density at radius 2 is 1.79 bits per heavy atom. The number of fused-ring (bicyclic) bond motifs is 3.